The van der Waals surface area contributed by atoms with Crippen molar-refractivity contribution in [2.45, 2.75) is 6.18 Å². The number of rotatable bonds is 2. The van der Waals surface area contributed by atoms with Gasteiger partial charge in [-0.25, -0.2) is 4.39 Å². The van der Waals surface area contributed by atoms with Gasteiger partial charge in [-0.05, 0) is 17.7 Å². The van der Waals surface area contributed by atoms with E-state index in [1.807, 2.05) is 0 Å². The van der Waals surface area contributed by atoms with Gasteiger partial charge in [-0.15, -0.1) is 0 Å². The molecule has 0 fully saturated rings. The summed E-state index contributed by atoms with van der Waals surface area (Å²) in [4.78, 5) is 10.8. The van der Waals surface area contributed by atoms with E-state index in [0.29, 0.717) is 12.1 Å². The summed E-state index contributed by atoms with van der Waals surface area (Å²) in [5.74, 6) is -1.86. The number of halogens is 5. The first-order chi connectivity index (χ1) is 7.27. The van der Waals surface area contributed by atoms with Gasteiger partial charge in [-0.1, -0.05) is 0 Å². The molecule has 0 saturated carbocycles. The van der Waals surface area contributed by atoms with Crippen molar-refractivity contribution in [1.29, 1.82) is 0 Å². The fraction of sp³-hybridized carbons (Fsp3) is 0.222. The molecule has 0 unspecified atom stereocenters. The Morgan fingerprint density at radius 1 is 1.38 bits per heavy atom. The molecule has 1 rings (SSSR count). The van der Waals surface area contributed by atoms with Crippen molar-refractivity contribution >= 4 is 16.8 Å². The van der Waals surface area contributed by atoms with Crippen molar-refractivity contribution in [3.63, 3.8) is 0 Å². The maximum atomic E-state index is 13.0. The summed E-state index contributed by atoms with van der Waals surface area (Å²) in [6.45, 7) is 0. The van der Waals surface area contributed by atoms with Crippen LogP contribution in [-0.4, -0.2) is 12.4 Å². The highest BCUT2D eigenvalue weighted by Crippen LogP contribution is 2.35. The number of carbonyl (C=O) groups is 1. The highest BCUT2D eigenvalue weighted by Gasteiger charge is 2.35. The van der Waals surface area contributed by atoms with E-state index >= 15 is 0 Å². The smallest absolute Gasteiger partial charge is 0.419 e. The summed E-state index contributed by atoms with van der Waals surface area (Å²) in [7, 11) is 1.09. The Bertz CT molecular complexity index is 428. The van der Waals surface area contributed by atoms with E-state index in [1.54, 1.807) is 0 Å². The van der Waals surface area contributed by atoms with Gasteiger partial charge in [0.25, 0.3) is 5.24 Å². The average molecular weight is 257 g/mol. The monoisotopic (exact) mass is 256 g/mol. The molecule has 7 heteroatoms. The second kappa shape index (κ2) is 4.29. The third-order valence-electron chi connectivity index (χ3n) is 1.81. The Labute approximate surface area is 92.8 Å². The summed E-state index contributed by atoms with van der Waals surface area (Å²) in [6, 6.07) is 0.794. The normalized spacial score (nSPS) is 11.4. The fourth-order valence-corrected chi connectivity index (χ4v) is 1.24. The maximum absolute atomic E-state index is 13.0. The number of methoxy groups -OCH3 is 1. The molecule has 0 heterocycles. The zero-order chi connectivity index (χ0) is 12.5. The lowest BCUT2D eigenvalue weighted by atomic mass is 10.1. The Kier molecular flexibility index (Phi) is 3.42. The van der Waals surface area contributed by atoms with Crippen LogP contribution in [0.1, 0.15) is 15.9 Å². The zero-order valence-electron chi connectivity index (χ0n) is 7.86. The van der Waals surface area contributed by atoms with Gasteiger partial charge in [-0.2, -0.15) is 13.2 Å². The van der Waals surface area contributed by atoms with Crippen LogP contribution in [0.4, 0.5) is 17.6 Å². The predicted molar refractivity (Wildman–Crippen MR) is 48.1 cm³/mol. The molecule has 0 aromatic heterocycles. The van der Waals surface area contributed by atoms with Crippen molar-refractivity contribution in [1.82, 2.24) is 0 Å². The lowest BCUT2D eigenvalue weighted by Gasteiger charge is -2.11. The molecule has 0 amide bonds. The summed E-state index contributed by atoms with van der Waals surface area (Å²) in [6.07, 6.45) is -4.89. The molecule has 2 nitrogen and oxygen atoms in total. The molecule has 0 aliphatic heterocycles. The standard InChI is InChI=1S/C9H5ClF4O2/c1-16-7-3-6(11)5(9(12,13)14)2-4(7)8(10)15/h2-3H,1H3. The van der Waals surface area contributed by atoms with Gasteiger partial charge in [0.05, 0.1) is 18.2 Å². The molecule has 0 N–H and O–H groups in total. The van der Waals surface area contributed by atoms with Gasteiger partial charge >= 0.3 is 6.18 Å². The second-order valence-electron chi connectivity index (χ2n) is 2.80. The lowest BCUT2D eigenvalue weighted by Crippen LogP contribution is -2.10. The lowest BCUT2D eigenvalue weighted by molar-refractivity contribution is -0.140. The van der Waals surface area contributed by atoms with Gasteiger partial charge in [0.15, 0.2) is 0 Å². The number of benzene rings is 1. The van der Waals surface area contributed by atoms with E-state index in [2.05, 4.69) is 4.74 Å². The molecule has 0 bridgehead atoms. The first kappa shape index (κ1) is 12.8. The van der Waals surface area contributed by atoms with Crippen LogP contribution in [0.25, 0.3) is 0 Å². The van der Waals surface area contributed by atoms with Crippen molar-refractivity contribution in [2.24, 2.45) is 0 Å². The number of hydrogen-bond acceptors (Lipinski definition) is 2. The molecular formula is C9H5ClF4O2. The predicted octanol–water partition coefficient (Wildman–Crippen LogP) is 3.23. The number of carbonyl (C=O) groups excluding carboxylic acids is 1. The summed E-state index contributed by atoms with van der Waals surface area (Å²) < 4.78 is 54.4. The highest BCUT2D eigenvalue weighted by atomic mass is 35.5. The van der Waals surface area contributed by atoms with Gasteiger partial charge in [0, 0.05) is 6.07 Å². The van der Waals surface area contributed by atoms with Crippen LogP contribution in [0, 0.1) is 5.82 Å². The summed E-state index contributed by atoms with van der Waals surface area (Å²) in [5, 5.41) is -1.15. The third kappa shape index (κ3) is 2.44. The molecule has 0 aliphatic carbocycles. The first-order valence-electron chi connectivity index (χ1n) is 3.92. The van der Waals surface area contributed by atoms with Crippen LogP contribution in [0.2, 0.25) is 0 Å². The third-order valence-corrected chi connectivity index (χ3v) is 2.01. The Balaban J connectivity index is 3.45. The Hall–Kier alpha value is -1.30. The molecule has 0 radical (unpaired) electrons. The van der Waals surface area contributed by atoms with E-state index in [-0.39, 0.29) is 5.75 Å². The zero-order valence-corrected chi connectivity index (χ0v) is 8.62. The minimum Gasteiger partial charge on any atom is -0.496 e. The maximum Gasteiger partial charge on any atom is 0.419 e. The van der Waals surface area contributed by atoms with Crippen LogP contribution in [0.5, 0.6) is 5.75 Å². The van der Waals surface area contributed by atoms with Gasteiger partial charge in [-0.3, -0.25) is 4.79 Å². The van der Waals surface area contributed by atoms with Crippen LogP contribution >= 0.6 is 11.6 Å². The topological polar surface area (TPSA) is 26.3 Å². The van der Waals surface area contributed by atoms with Gasteiger partial charge in [0.2, 0.25) is 0 Å². The first-order valence-corrected chi connectivity index (χ1v) is 4.29. The van der Waals surface area contributed by atoms with Crippen LogP contribution in [0.3, 0.4) is 0 Å². The number of ether oxygens (including phenoxy) is 1. The van der Waals surface area contributed by atoms with E-state index in [0.717, 1.165) is 7.11 Å². The molecule has 0 spiro atoms. The van der Waals surface area contributed by atoms with E-state index in [1.165, 1.54) is 0 Å². The van der Waals surface area contributed by atoms with E-state index in [4.69, 9.17) is 11.6 Å². The number of alkyl halides is 3. The van der Waals surface area contributed by atoms with Crippen LogP contribution in [-0.2, 0) is 6.18 Å². The van der Waals surface area contributed by atoms with Crippen LogP contribution < -0.4 is 4.74 Å². The Morgan fingerprint density at radius 3 is 2.31 bits per heavy atom. The number of hydrogen-bond donors (Lipinski definition) is 0. The molecule has 88 valence electrons. The highest BCUT2D eigenvalue weighted by molar-refractivity contribution is 6.68. The largest absolute Gasteiger partial charge is 0.496 e. The van der Waals surface area contributed by atoms with E-state index in [9.17, 15) is 22.4 Å². The average Bonchev–Trinajstić information content (AvgIpc) is 2.14. The summed E-state index contributed by atoms with van der Waals surface area (Å²) >= 11 is 5.05. The molecule has 0 atom stereocenters. The molecular weight excluding hydrogens is 252 g/mol. The molecule has 1 aromatic carbocycles. The molecule has 0 saturated heterocycles. The molecule has 0 aliphatic rings. The van der Waals surface area contributed by atoms with Crippen molar-refractivity contribution < 1.29 is 27.1 Å². The minimum absolute atomic E-state index is 0.323. The fourth-order valence-electron chi connectivity index (χ4n) is 1.09. The van der Waals surface area contributed by atoms with Gasteiger partial charge in [0.1, 0.15) is 11.6 Å². The Morgan fingerprint density at radius 2 is 1.94 bits per heavy atom. The molecule has 1 aromatic rings. The van der Waals surface area contributed by atoms with Gasteiger partial charge < -0.3 is 4.74 Å². The second-order valence-corrected chi connectivity index (χ2v) is 3.15. The quantitative estimate of drug-likeness (QED) is 0.600. The van der Waals surface area contributed by atoms with Crippen molar-refractivity contribution in [3.8, 4) is 5.75 Å². The van der Waals surface area contributed by atoms with Crippen molar-refractivity contribution in [3.05, 3.63) is 29.1 Å². The minimum atomic E-state index is -4.89. The molecule has 16 heavy (non-hydrogen) atoms. The van der Waals surface area contributed by atoms with Crippen LogP contribution in [0.15, 0.2) is 12.1 Å². The van der Waals surface area contributed by atoms with E-state index < -0.39 is 28.4 Å². The SMILES string of the molecule is COc1cc(F)c(C(F)(F)F)cc1C(=O)Cl. The van der Waals surface area contributed by atoms with Crippen molar-refractivity contribution in [2.75, 3.05) is 7.11 Å². The summed E-state index contributed by atoms with van der Waals surface area (Å²) in [5.41, 5.74) is -2.09.